The maximum Gasteiger partial charge on any atom is 0.338 e. The van der Waals surface area contributed by atoms with Crippen LogP contribution in [0.3, 0.4) is 0 Å². The number of hydrogen-bond acceptors (Lipinski definition) is 6. The van der Waals surface area contributed by atoms with Crippen LogP contribution in [0.5, 0.6) is 5.75 Å². The van der Waals surface area contributed by atoms with Gasteiger partial charge < -0.3 is 9.47 Å². The first-order chi connectivity index (χ1) is 19.8. The van der Waals surface area contributed by atoms with Crippen LogP contribution in [0.15, 0.2) is 82.1 Å². The van der Waals surface area contributed by atoms with Crippen LogP contribution in [-0.4, -0.2) is 23.8 Å². The van der Waals surface area contributed by atoms with Crippen molar-refractivity contribution in [3.05, 3.63) is 122 Å². The van der Waals surface area contributed by atoms with Crippen LogP contribution in [0.1, 0.15) is 29.7 Å². The zero-order valence-electron chi connectivity index (χ0n) is 21.6. The maximum absolute atomic E-state index is 14.1. The number of terminal acetylenes is 1. The normalized spacial score (nSPS) is 14.7. The van der Waals surface area contributed by atoms with Gasteiger partial charge in [-0.15, -0.1) is 6.42 Å². The number of ether oxygens (including phenoxy) is 2. The lowest BCUT2D eigenvalue weighted by atomic mass is 9.93. The highest BCUT2D eigenvalue weighted by Crippen LogP contribution is 2.35. The van der Waals surface area contributed by atoms with Crippen molar-refractivity contribution in [3.63, 3.8) is 0 Å². The topological polar surface area (TPSA) is 69.9 Å². The van der Waals surface area contributed by atoms with Crippen molar-refractivity contribution < 1.29 is 18.7 Å². The van der Waals surface area contributed by atoms with Gasteiger partial charge in [0.05, 0.1) is 32.0 Å². The lowest BCUT2D eigenvalue weighted by molar-refractivity contribution is -0.138. The second-order valence-electron chi connectivity index (χ2n) is 8.78. The average Bonchev–Trinajstić information content (AvgIpc) is 3.27. The molecular weight excluding hydrogens is 769 g/mol. The van der Waals surface area contributed by atoms with E-state index in [0.717, 1.165) is 7.14 Å². The molecule has 41 heavy (non-hydrogen) atoms. The zero-order chi connectivity index (χ0) is 29.1. The Kier molecular flexibility index (Phi) is 9.06. The van der Waals surface area contributed by atoms with Crippen LogP contribution in [0, 0.1) is 25.3 Å². The first-order valence-electron chi connectivity index (χ1n) is 12.4. The third-order valence-corrected chi connectivity index (χ3v) is 8.59. The van der Waals surface area contributed by atoms with Gasteiger partial charge in [0.15, 0.2) is 4.80 Å². The van der Waals surface area contributed by atoms with Gasteiger partial charge in [-0.2, -0.15) is 0 Å². The Morgan fingerprint density at radius 1 is 1.17 bits per heavy atom. The third-order valence-electron chi connectivity index (χ3n) is 6.18. The highest BCUT2D eigenvalue weighted by molar-refractivity contribution is 14.1. The molecule has 0 fully saturated rings. The molecule has 0 unspecified atom stereocenters. The van der Waals surface area contributed by atoms with Gasteiger partial charge in [0.1, 0.15) is 18.2 Å². The van der Waals surface area contributed by atoms with Crippen LogP contribution in [0.2, 0.25) is 0 Å². The summed E-state index contributed by atoms with van der Waals surface area (Å²) in [6.45, 7) is 1.93. The summed E-state index contributed by atoms with van der Waals surface area (Å²) in [7, 11) is 0. The molecule has 3 aromatic carbocycles. The molecule has 5 rings (SSSR count). The van der Waals surface area contributed by atoms with E-state index in [9.17, 15) is 14.0 Å². The van der Waals surface area contributed by atoms with E-state index in [-0.39, 0.29) is 24.3 Å². The standard InChI is InChI=1S/C31H21FI2N2O4S/c1-3-14-40-28-20(15-22(33)17-23(28)34)16-24-29(37)36-27(19-10-12-21(32)13-11-19)25(30(38)39-4-2)26(35-31(36)41-24)18-8-6-5-7-9-18/h1,5-13,15-17,27H,4,14H2,2H3/b24-16-/t27-/m0/s1. The molecule has 0 spiro atoms. The number of carbonyl (C=O) groups is 1. The molecule has 6 nitrogen and oxygen atoms in total. The van der Waals surface area contributed by atoms with Crippen LogP contribution < -0.4 is 19.6 Å². The molecule has 0 saturated heterocycles. The first-order valence-corrected chi connectivity index (χ1v) is 15.4. The van der Waals surface area contributed by atoms with Gasteiger partial charge in [-0.25, -0.2) is 14.2 Å². The molecule has 4 aromatic rings. The zero-order valence-corrected chi connectivity index (χ0v) is 26.7. The van der Waals surface area contributed by atoms with Crippen molar-refractivity contribution >= 4 is 74.3 Å². The number of carbonyl (C=O) groups excluding carboxylic acids is 1. The lowest BCUT2D eigenvalue weighted by Gasteiger charge is -2.25. The molecule has 1 atom stereocenters. The predicted molar refractivity (Wildman–Crippen MR) is 174 cm³/mol. The number of aromatic nitrogens is 1. The number of thiazole rings is 1. The maximum atomic E-state index is 14.1. The molecule has 0 saturated carbocycles. The monoisotopic (exact) mass is 790 g/mol. The number of nitrogens with zero attached hydrogens (tertiary/aromatic N) is 2. The van der Waals surface area contributed by atoms with Gasteiger partial charge in [-0.3, -0.25) is 9.36 Å². The summed E-state index contributed by atoms with van der Waals surface area (Å²) in [6, 6.07) is 18.0. The van der Waals surface area contributed by atoms with Crippen molar-refractivity contribution in [1.82, 2.24) is 4.57 Å². The molecule has 1 aliphatic heterocycles. The van der Waals surface area contributed by atoms with Crippen molar-refractivity contribution in [2.75, 3.05) is 13.2 Å². The molecular formula is C31H21FI2N2O4S. The van der Waals surface area contributed by atoms with Crippen molar-refractivity contribution in [1.29, 1.82) is 0 Å². The minimum absolute atomic E-state index is 0.0760. The number of fused-ring (bicyclic) bond motifs is 1. The quantitative estimate of drug-likeness (QED) is 0.145. The molecule has 0 N–H and O–H groups in total. The highest BCUT2D eigenvalue weighted by Gasteiger charge is 2.35. The van der Waals surface area contributed by atoms with Crippen LogP contribution in [-0.2, 0) is 9.53 Å². The lowest BCUT2D eigenvalue weighted by Crippen LogP contribution is -2.40. The van der Waals surface area contributed by atoms with Crippen LogP contribution in [0.25, 0.3) is 11.8 Å². The Hall–Kier alpha value is -3.28. The Labute approximate surface area is 266 Å². The summed E-state index contributed by atoms with van der Waals surface area (Å²) in [5.41, 5.74) is 2.17. The highest BCUT2D eigenvalue weighted by atomic mass is 127. The van der Waals surface area contributed by atoms with E-state index in [2.05, 4.69) is 51.1 Å². The molecule has 0 radical (unpaired) electrons. The SMILES string of the molecule is C#CCOc1c(I)cc(I)cc1/C=c1\sc2n(c1=O)[C@@H](c1ccc(F)cc1)C(C(=O)OCC)=C(c1ccccc1)N=2. The fourth-order valence-corrected chi connectivity index (χ4v) is 7.53. The van der Waals surface area contributed by atoms with Gasteiger partial charge in [0.2, 0.25) is 0 Å². The van der Waals surface area contributed by atoms with E-state index in [1.165, 1.54) is 28.0 Å². The van der Waals surface area contributed by atoms with Crippen LogP contribution in [0.4, 0.5) is 4.39 Å². The van der Waals surface area contributed by atoms with Crippen molar-refractivity contribution in [3.8, 4) is 18.1 Å². The molecule has 2 heterocycles. The summed E-state index contributed by atoms with van der Waals surface area (Å²) < 4.78 is 28.9. The van der Waals surface area contributed by atoms with Gasteiger partial charge in [-0.05, 0) is 88.0 Å². The molecule has 1 aliphatic rings. The van der Waals surface area contributed by atoms with Gasteiger partial charge in [-0.1, -0.05) is 59.7 Å². The minimum atomic E-state index is -0.892. The van der Waals surface area contributed by atoms with E-state index in [4.69, 9.17) is 20.9 Å². The number of hydrogen-bond donors (Lipinski definition) is 0. The second kappa shape index (κ2) is 12.7. The Bertz CT molecular complexity index is 1890. The van der Waals surface area contributed by atoms with E-state index >= 15 is 0 Å². The van der Waals surface area contributed by atoms with Gasteiger partial charge in [0, 0.05) is 14.7 Å². The fourth-order valence-electron chi connectivity index (χ4n) is 4.50. The van der Waals surface area contributed by atoms with Crippen molar-refractivity contribution in [2.24, 2.45) is 4.99 Å². The van der Waals surface area contributed by atoms with Gasteiger partial charge in [0.25, 0.3) is 5.56 Å². The van der Waals surface area contributed by atoms with E-state index in [1.807, 2.05) is 42.5 Å². The van der Waals surface area contributed by atoms with Crippen LogP contribution >= 0.6 is 56.5 Å². The minimum Gasteiger partial charge on any atom is -0.479 e. The molecule has 206 valence electrons. The Balaban J connectivity index is 1.82. The number of rotatable bonds is 7. The summed E-state index contributed by atoms with van der Waals surface area (Å²) in [5, 5.41) is 0. The summed E-state index contributed by atoms with van der Waals surface area (Å²) in [6.07, 6.45) is 7.18. The number of benzene rings is 3. The average molecular weight is 790 g/mol. The molecule has 0 amide bonds. The predicted octanol–water partition coefficient (Wildman–Crippen LogP) is 5.30. The largest absolute Gasteiger partial charge is 0.479 e. The van der Waals surface area contributed by atoms with Gasteiger partial charge >= 0.3 is 5.97 Å². The van der Waals surface area contributed by atoms with E-state index in [0.29, 0.717) is 37.5 Å². The summed E-state index contributed by atoms with van der Waals surface area (Å²) in [5.74, 6) is 2.02. The second-order valence-corrected chi connectivity index (χ2v) is 12.2. The van der Waals surface area contributed by atoms with E-state index < -0.39 is 17.8 Å². The number of esters is 1. The smallest absolute Gasteiger partial charge is 0.338 e. The van der Waals surface area contributed by atoms with Crippen molar-refractivity contribution in [2.45, 2.75) is 13.0 Å². The third kappa shape index (κ3) is 6.02. The summed E-state index contributed by atoms with van der Waals surface area (Å²) >= 11 is 5.58. The molecule has 1 aromatic heterocycles. The Morgan fingerprint density at radius 3 is 2.59 bits per heavy atom. The first kappa shape index (κ1) is 29.2. The Morgan fingerprint density at radius 2 is 1.90 bits per heavy atom. The molecule has 0 aliphatic carbocycles. The fraction of sp³-hybridized carbons (Fsp3) is 0.129. The molecule has 10 heteroatoms. The summed E-state index contributed by atoms with van der Waals surface area (Å²) in [4.78, 5) is 32.8. The van der Waals surface area contributed by atoms with E-state index in [1.54, 1.807) is 25.1 Å². The molecule has 0 bridgehead atoms. The number of halogens is 3.